The number of halogens is 4. The van der Waals surface area contributed by atoms with Crippen LogP contribution in [0, 0.1) is 17.0 Å². The first-order chi connectivity index (χ1) is 13.8. The number of hydrogen-bond donors (Lipinski definition) is 2. The first-order valence-corrected chi connectivity index (χ1v) is 10.1. The second-order valence-electron chi connectivity index (χ2n) is 6.09. The van der Waals surface area contributed by atoms with Crippen molar-refractivity contribution in [3.05, 3.63) is 62.7 Å². The zero-order valence-electron chi connectivity index (χ0n) is 15.3. The van der Waals surface area contributed by atoms with Gasteiger partial charge in [-0.05, 0) is 31.2 Å². The van der Waals surface area contributed by atoms with Crippen LogP contribution in [0.5, 0.6) is 0 Å². The van der Waals surface area contributed by atoms with E-state index in [1.54, 1.807) is 0 Å². The highest BCUT2D eigenvalue weighted by Crippen LogP contribution is 2.35. The van der Waals surface area contributed by atoms with Crippen LogP contribution in [0.15, 0.2) is 41.3 Å². The average Bonchev–Trinajstić information content (AvgIpc) is 2.62. The van der Waals surface area contributed by atoms with Crippen molar-refractivity contribution < 1.29 is 31.3 Å². The SMILES string of the molecule is Cc1ccc(NC(=O)CCNS(=O)(=O)c2ccc(Cl)c(C(F)(F)F)c2)cc1[N+](=O)[O-]. The Morgan fingerprint density at radius 1 is 1.20 bits per heavy atom. The molecule has 0 radical (unpaired) electrons. The van der Waals surface area contributed by atoms with Crippen molar-refractivity contribution in [1.29, 1.82) is 0 Å². The van der Waals surface area contributed by atoms with Gasteiger partial charge in [-0.2, -0.15) is 13.2 Å². The number of carbonyl (C=O) groups is 1. The Balaban J connectivity index is 2.02. The number of nitro groups is 1. The predicted molar refractivity (Wildman–Crippen MR) is 103 cm³/mol. The van der Waals surface area contributed by atoms with Gasteiger partial charge in [0.2, 0.25) is 15.9 Å². The molecule has 0 bridgehead atoms. The molecule has 0 aliphatic rings. The minimum atomic E-state index is -4.83. The lowest BCUT2D eigenvalue weighted by Crippen LogP contribution is -2.28. The second kappa shape index (κ2) is 8.98. The van der Waals surface area contributed by atoms with Crippen LogP contribution in [0.25, 0.3) is 0 Å². The topological polar surface area (TPSA) is 118 Å². The van der Waals surface area contributed by atoms with Crippen molar-refractivity contribution in [3.8, 4) is 0 Å². The highest BCUT2D eigenvalue weighted by atomic mass is 35.5. The molecule has 8 nitrogen and oxygen atoms in total. The molecule has 0 aromatic heterocycles. The van der Waals surface area contributed by atoms with Crippen LogP contribution < -0.4 is 10.0 Å². The van der Waals surface area contributed by atoms with E-state index >= 15 is 0 Å². The molecule has 162 valence electrons. The maximum Gasteiger partial charge on any atom is 0.417 e. The third-order valence-corrected chi connectivity index (χ3v) is 5.68. The normalized spacial score (nSPS) is 11.9. The second-order valence-corrected chi connectivity index (χ2v) is 8.27. The molecule has 0 saturated carbocycles. The van der Waals surface area contributed by atoms with Gasteiger partial charge in [0, 0.05) is 30.3 Å². The highest BCUT2D eigenvalue weighted by Gasteiger charge is 2.34. The molecule has 0 spiro atoms. The average molecular weight is 466 g/mol. The Morgan fingerprint density at radius 2 is 1.87 bits per heavy atom. The van der Waals surface area contributed by atoms with E-state index in [0.717, 1.165) is 18.2 Å². The van der Waals surface area contributed by atoms with E-state index in [-0.39, 0.29) is 17.8 Å². The van der Waals surface area contributed by atoms with E-state index < -0.39 is 49.1 Å². The molecule has 0 atom stereocenters. The molecule has 0 unspecified atom stereocenters. The van der Waals surface area contributed by atoms with E-state index in [0.29, 0.717) is 11.6 Å². The Morgan fingerprint density at radius 3 is 2.47 bits per heavy atom. The van der Waals surface area contributed by atoms with E-state index in [1.807, 2.05) is 4.72 Å². The number of nitro benzene ring substituents is 1. The molecule has 2 N–H and O–H groups in total. The fraction of sp³-hybridized carbons (Fsp3) is 0.235. The van der Waals surface area contributed by atoms with Gasteiger partial charge >= 0.3 is 6.18 Å². The van der Waals surface area contributed by atoms with Crippen molar-refractivity contribution >= 4 is 38.9 Å². The summed E-state index contributed by atoms with van der Waals surface area (Å²) < 4.78 is 65.1. The summed E-state index contributed by atoms with van der Waals surface area (Å²) in [5, 5.41) is 12.7. The van der Waals surface area contributed by atoms with Gasteiger partial charge in [0.15, 0.2) is 0 Å². The van der Waals surface area contributed by atoms with Gasteiger partial charge in [0.1, 0.15) is 0 Å². The fourth-order valence-electron chi connectivity index (χ4n) is 2.38. The Hall–Kier alpha value is -2.70. The van der Waals surface area contributed by atoms with E-state index in [9.17, 15) is 36.5 Å². The van der Waals surface area contributed by atoms with Crippen LogP contribution in [-0.4, -0.2) is 25.8 Å². The minimum Gasteiger partial charge on any atom is -0.326 e. The van der Waals surface area contributed by atoms with Crippen molar-refractivity contribution in [3.63, 3.8) is 0 Å². The predicted octanol–water partition coefficient (Wildman–Crippen LogP) is 3.88. The van der Waals surface area contributed by atoms with Crippen LogP contribution in [0.4, 0.5) is 24.5 Å². The number of benzene rings is 2. The molecule has 2 aromatic rings. The number of nitrogens with one attached hydrogen (secondary N) is 2. The van der Waals surface area contributed by atoms with Crippen LogP contribution in [0.1, 0.15) is 17.5 Å². The first kappa shape index (κ1) is 23.6. The minimum absolute atomic E-state index is 0.146. The number of aryl methyl sites for hydroxylation is 1. The molecule has 0 saturated heterocycles. The quantitative estimate of drug-likeness (QED) is 0.475. The van der Waals surface area contributed by atoms with Gasteiger partial charge in [-0.15, -0.1) is 0 Å². The van der Waals surface area contributed by atoms with Gasteiger partial charge in [0.25, 0.3) is 5.69 Å². The third-order valence-electron chi connectivity index (χ3n) is 3.89. The summed E-state index contributed by atoms with van der Waals surface area (Å²) in [5.74, 6) is -0.650. The number of carbonyl (C=O) groups excluding carboxylic acids is 1. The Kier molecular flexibility index (Phi) is 7.06. The largest absolute Gasteiger partial charge is 0.417 e. The molecule has 0 fully saturated rings. The van der Waals surface area contributed by atoms with E-state index in [1.165, 1.54) is 19.1 Å². The molecular weight excluding hydrogens is 451 g/mol. The summed E-state index contributed by atoms with van der Waals surface area (Å²) in [6, 6.07) is 6.16. The lowest BCUT2D eigenvalue weighted by molar-refractivity contribution is -0.385. The number of sulfonamides is 1. The molecule has 13 heteroatoms. The van der Waals surface area contributed by atoms with Crippen LogP contribution >= 0.6 is 11.6 Å². The lowest BCUT2D eigenvalue weighted by Gasteiger charge is -2.12. The monoisotopic (exact) mass is 465 g/mol. The van der Waals surface area contributed by atoms with Crippen LogP contribution in [-0.2, 0) is 21.0 Å². The Labute approximate surface area is 174 Å². The van der Waals surface area contributed by atoms with Gasteiger partial charge in [-0.1, -0.05) is 17.7 Å². The van der Waals surface area contributed by atoms with E-state index in [4.69, 9.17) is 11.6 Å². The third kappa shape index (κ3) is 5.90. The Bertz CT molecular complexity index is 1090. The van der Waals surface area contributed by atoms with Gasteiger partial charge in [-0.25, -0.2) is 13.1 Å². The molecule has 1 amide bonds. The summed E-state index contributed by atoms with van der Waals surface area (Å²) in [6.45, 7) is 1.12. The summed E-state index contributed by atoms with van der Waals surface area (Å²) in [7, 11) is -4.33. The zero-order valence-corrected chi connectivity index (χ0v) is 16.9. The summed E-state index contributed by atoms with van der Waals surface area (Å²) in [5.41, 5.74) is -0.956. The first-order valence-electron chi connectivity index (χ1n) is 8.22. The van der Waals surface area contributed by atoms with Crippen molar-refractivity contribution in [2.24, 2.45) is 0 Å². The number of amides is 1. The molecule has 0 aliphatic carbocycles. The van der Waals surface area contributed by atoms with Gasteiger partial charge in [-0.3, -0.25) is 14.9 Å². The molecule has 2 rings (SSSR count). The molecule has 2 aromatic carbocycles. The van der Waals surface area contributed by atoms with Crippen LogP contribution in [0.3, 0.4) is 0 Å². The van der Waals surface area contributed by atoms with Crippen molar-refractivity contribution in [2.75, 3.05) is 11.9 Å². The fourth-order valence-corrected chi connectivity index (χ4v) is 3.66. The smallest absolute Gasteiger partial charge is 0.326 e. The molecular formula is C17H15ClF3N3O5S. The van der Waals surface area contributed by atoms with Crippen molar-refractivity contribution in [2.45, 2.75) is 24.4 Å². The summed E-state index contributed by atoms with van der Waals surface area (Å²) in [4.78, 5) is 21.6. The van der Waals surface area contributed by atoms with Crippen molar-refractivity contribution in [1.82, 2.24) is 4.72 Å². The number of anilines is 1. The zero-order chi connectivity index (χ0) is 22.7. The molecule has 30 heavy (non-hydrogen) atoms. The van der Waals surface area contributed by atoms with E-state index in [2.05, 4.69) is 5.32 Å². The number of alkyl halides is 3. The maximum atomic E-state index is 12.9. The highest BCUT2D eigenvalue weighted by molar-refractivity contribution is 7.89. The lowest BCUT2D eigenvalue weighted by atomic mass is 10.2. The number of nitrogens with zero attached hydrogens (tertiary/aromatic N) is 1. The summed E-state index contributed by atoms with van der Waals surface area (Å²) in [6.07, 6.45) is -5.19. The van der Waals surface area contributed by atoms with Gasteiger partial charge in [0.05, 0.1) is 20.4 Å². The molecule has 0 aliphatic heterocycles. The maximum absolute atomic E-state index is 12.9. The summed E-state index contributed by atoms with van der Waals surface area (Å²) >= 11 is 5.46. The molecule has 0 heterocycles. The van der Waals surface area contributed by atoms with Crippen LogP contribution in [0.2, 0.25) is 5.02 Å². The number of hydrogen-bond acceptors (Lipinski definition) is 5. The van der Waals surface area contributed by atoms with Gasteiger partial charge < -0.3 is 5.32 Å². The number of rotatable bonds is 7. The standard InChI is InChI=1S/C17H15ClF3N3O5S/c1-10-2-3-11(8-15(10)24(26)27)23-16(25)6-7-22-30(28,29)12-4-5-14(18)13(9-12)17(19,20)21/h2-5,8-9,22H,6-7H2,1H3,(H,23,25).